The Morgan fingerprint density at radius 2 is 1.90 bits per heavy atom. The van der Waals surface area contributed by atoms with E-state index < -0.39 is 0 Å². The Hall–Kier alpha value is -0.120. The Kier molecular flexibility index (Phi) is 4.40. The summed E-state index contributed by atoms with van der Waals surface area (Å²) in [5, 5.41) is 0. The van der Waals surface area contributed by atoms with Crippen LogP contribution in [0.25, 0.3) is 0 Å². The normalized spacial score (nSPS) is 36.5. The number of nitrogens with one attached hydrogen (secondary N) is 1. The molecule has 2 saturated carbocycles. The molecule has 3 rings (SSSR count). The number of nitrogens with zero attached hydrogens (tertiary/aromatic N) is 1. The van der Waals surface area contributed by atoms with Gasteiger partial charge in [0, 0.05) is 11.6 Å². The van der Waals surface area contributed by atoms with Crippen molar-refractivity contribution in [3.05, 3.63) is 0 Å². The van der Waals surface area contributed by atoms with Gasteiger partial charge >= 0.3 is 0 Å². The van der Waals surface area contributed by atoms with Crippen molar-refractivity contribution in [2.75, 3.05) is 13.1 Å². The van der Waals surface area contributed by atoms with Gasteiger partial charge in [-0.3, -0.25) is 16.2 Å². The maximum absolute atomic E-state index is 5.97. The highest BCUT2D eigenvalue weighted by atomic mass is 15.3. The lowest BCUT2D eigenvalue weighted by atomic mass is 9.78. The summed E-state index contributed by atoms with van der Waals surface area (Å²) < 4.78 is 0. The van der Waals surface area contributed by atoms with Crippen molar-refractivity contribution >= 4 is 0 Å². The summed E-state index contributed by atoms with van der Waals surface area (Å²) in [6.07, 6.45) is 11.4. The second kappa shape index (κ2) is 5.94. The first-order chi connectivity index (χ1) is 9.61. The highest BCUT2D eigenvalue weighted by Crippen LogP contribution is 2.50. The van der Waals surface area contributed by atoms with Gasteiger partial charge in [-0.15, -0.1) is 0 Å². The molecule has 20 heavy (non-hydrogen) atoms. The van der Waals surface area contributed by atoms with E-state index in [1.54, 1.807) is 0 Å². The van der Waals surface area contributed by atoms with Crippen molar-refractivity contribution in [3.63, 3.8) is 0 Å². The van der Waals surface area contributed by atoms with E-state index in [0.717, 1.165) is 17.8 Å². The Labute approximate surface area is 124 Å². The number of hydrogen-bond donors (Lipinski definition) is 2. The van der Waals surface area contributed by atoms with Crippen LogP contribution in [-0.4, -0.2) is 29.6 Å². The molecule has 1 saturated heterocycles. The minimum Gasteiger partial charge on any atom is -0.297 e. The first-order valence-corrected chi connectivity index (χ1v) is 8.82. The number of rotatable bonds is 5. The summed E-state index contributed by atoms with van der Waals surface area (Å²) in [6, 6.07) is 0.435. The maximum atomic E-state index is 5.97. The van der Waals surface area contributed by atoms with Gasteiger partial charge in [0.1, 0.15) is 0 Å². The Morgan fingerprint density at radius 1 is 1.15 bits per heavy atom. The third-order valence-corrected chi connectivity index (χ3v) is 6.65. The van der Waals surface area contributed by atoms with Gasteiger partial charge < -0.3 is 0 Å². The number of hydrazine groups is 1. The van der Waals surface area contributed by atoms with E-state index >= 15 is 0 Å². The van der Waals surface area contributed by atoms with Crippen LogP contribution >= 0.6 is 0 Å². The molecule has 116 valence electrons. The fourth-order valence-electron chi connectivity index (χ4n) is 5.22. The Morgan fingerprint density at radius 3 is 2.45 bits per heavy atom. The Balaban J connectivity index is 1.62. The first kappa shape index (κ1) is 14.8. The average Bonchev–Trinajstić information content (AvgIpc) is 3.08. The van der Waals surface area contributed by atoms with Crippen LogP contribution in [0.5, 0.6) is 0 Å². The highest BCUT2D eigenvalue weighted by Gasteiger charge is 2.43. The number of hydrogen-bond acceptors (Lipinski definition) is 3. The summed E-state index contributed by atoms with van der Waals surface area (Å²) in [5.41, 5.74) is 3.38. The molecule has 0 radical (unpaired) electrons. The van der Waals surface area contributed by atoms with Gasteiger partial charge in [0.2, 0.25) is 0 Å². The molecule has 2 aliphatic carbocycles. The van der Waals surface area contributed by atoms with Crippen LogP contribution < -0.4 is 11.3 Å². The summed E-state index contributed by atoms with van der Waals surface area (Å²) in [4.78, 5) is 2.67. The van der Waals surface area contributed by atoms with Crippen molar-refractivity contribution in [2.24, 2.45) is 23.6 Å². The molecule has 1 aliphatic heterocycles. The molecule has 3 heteroatoms. The molecule has 0 aromatic rings. The molecule has 1 heterocycles. The topological polar surface area (TPSA) is 41.3 Å². The zero-order valence-electron chi connectivity index (χ0n) is 13.4. The lowest BCUT2D eigenvalue weighted by molar-refractivity contribution is 0.0487. The van der Waals surface area contributed by atoms with Gasteiger partial charge in [0.25, 0.3) is 0 Å². The molecular weight excluding hydrogens is 246 g/mol. The van der Waals surface area contributed by atoms with E-state index in [2.05, 4.69) is 24.2 Å². The van der Waals surface area contributed by atoms with Crippen LogP contribution in [0.2, 0.25) is 0 Å². The molecule has 4 atom stereocenters. The van der Waals surface area contributed by atoms with E-state index in [0.29, 0.717) is 6.04 Å². The number of nitrogens with two attached hydrogens (primary N) is 1. The van der Waals surface area contributed by atoms with Gasteiger partial charge in [-0.25, -0.2) is 0 Å². The van der Waals surface area contributed by atoms with Crippen molar-refractivity contribution in [2.45, 2.75) is 76.8 Å². The quantitative estimate of drug-likeness (QED) is 0.600. The van der Waals surface area contributed by atoms with Crippen molar-refractivity contribution in [3.8, 4) is 0 Å². The Bertz CT molecular complexity index is 322. The zero-order chi connectivity index (χ0) is 14.2. The standard InChI is InChI=1S/C17H33N3/c1-17(2,20-8-4-3-5-9-20)16(19-18)12-15-11-13-6-7-14(15)10-13/h13-16,19H,3-12,18H2,1-2H3. The summed E-state index contributed by atoms with van der Waals surface area (Å²) in [5.74, 6) is 8.95. The van der Waals surface area contributed by atoms with Crippen molar-refractivity contribution in [1.82, 2.24) is 10.3 Å². The van der Waals surface area contributed by atoms with Gasteiger partial charge in [-0.2, -0.15) is 0 Å². The average molecular weight is 279 g/mol. The van der Waals surface area contributed by atoms with Gasteiger partial charge in [0.05, 0.1) is 0 Å². The van der Waals surface area contributed by atoms with Crippen LogP contribution in [-0.2, 0) is 0 Å². The van der Waals surface area contributed by atoms with Crippen LogP contribution in [0.3, 0.4) is 0 Å². The number of fused-ring (bicyclic) bond motifs is 2. The largest absolute Gasteiger partial charge is 0.297 e. The third-order valence-electron chi connectivity index (χ3n) is 6.65. The fraction of sp³-hybridized carbons (Fsp3) is 1.00. The van der Waals surface area contributed by atoms with E-state index in [-0.39, 0.29) is 5.54 Å². The minimum atomic E-state index is 0.191. The number of piperidine rings is 1. The second-order valence-electron chi connectivity index (χ2n) is 8.09. The van der Waals surface area contributed by atoms with Crippen LogP contribution in [0.15, 0.2) is 0 Å². The molecular formula is C17H33N3. The smallest absolute Gasteiger partial charge is 0.0392 e. The van der Waals surface area contributed by atoms with E-state index in [4.69, 9.17) is 5.84 Å². The molecule has 2 bridgehead atoms. The van der Waals surface area contributed by atoms with Crippen molar-refractivity contribution < 1.29 is 0 Å². The lowest BCUT2D eigenvalue weighted by Crippen LogP contribution is -2.61. The summed E-state index contributed by atoms with van der Waals surface area (Å²) >= 11 is 0. The van der Waals surface area contributed by atoms with E-state index in [1.807, 2.05) is 0 Å². The SMILES string of the molecule is CC(C)(C(CC1CC2CCC1C2)NN)N1CCCCC1. The fourth-order valence-corrected chi connectivity index (χ4v) is 5.22. The van der Waals surface area contributed by atoms with E-state index in [1.165, 1.54) is 64.5 Å². The molecule has 0 aromatic carbocycles. The molecule has 0 spiro atoms. The van der Waals surface area contributed by atoms with Crippen LogP contribution in [0, 0.1) is 17.8 Å². The number of likely N-dealkylation sites (tertiary alicyclic amines) is 1. The summed E-state index contributed by atoms with van der Waals surface area (Å²) in [7, 11) is 0. The van der Waals surface area contributed by atoms with Crippen LogP contribution in [0.4, 0.5) is 0 Å². The predicted octanol–water partition coefficient (Wildman–Crippen LogP) is 2.91. The molecule has 0 aromatic heterocycles. The molecule has 4 unspecified atom stereocenters. The minimum absolute atomic E-state index is 0.191. The third kappa shape index (κ3) is 2.77. The second-order valence-corrected chi connectivity index (χ2v) is 8.09. The molecule has 3 N–H and O–H groups in total. The molecule has 3 fully saturated rings. The van der Waals surface area contributed by atoms with Gasteiger partial charge in [-0.1, -0.05) is 12.8 Å². The first-order valence-electron chi connectivity index (χ1n) is 8.82. The summed E-state index contributed by atoms with van der Waals surface area (Å²) in [6.45, 7) is 7.30. The highest BCUT2D eigenvalue weighted by molar-refractivity contribution is 4.98. The van der Waals surface area contributed by atoms with Crippen LogP contribution in [0.1, 0.15) is 65.2 Å². The lowest BCUT2D eigenvalue weighted by Gasteiger charge is -2.47. The monoisotopic (exact) mass is 279 g/mol. The zero-order valence-corrected chi connectivity index (χ0v) is 13.4. The van der Waals surface area contributed by atoms with E-state index in [9.17, 15) is 0 Å². The molecule has 0 amide bonds. The van der Waals surface area contributed by atoms with Gasteiger partial charge in [-0.05, 0) is 83.2 Å². The molecule has 3 nitrogen and oxygen atoms in total. The van der Waals surface area contributed by atoms with Gasteiger partial charge in [0.15, 0.2) is 0 Å². The van der Waals surface area contributed by atoms with Crippen molar-refractivity contribution in [1.29, 1.82) is 0 Å². The maximum Gasteiger partial charge on any atom is 0.0392 e. The predicted molar refractivity (Wildman–Crippen MR) is 84.2 cm³/mol. The molecule has 3 aliphatic rings.